The Morgan fingerprint density at radius 2 is 1.45 bits per heavy atom. The van der Waals surface area contributed by atoms with E-state index in [0.29, 0.717) is 19.3 Å². The topological polar surface area (TPSA) is 27.7 Å². The molecule has 0 aliphatic heterocycles. The summed E-state index contributed by atoms with van der Waals surface area (Å²) < 4.78 is 16.1. The lowest BCUT2D eigenvalue weighted by molar-refractivity contribution is 0.0266. The van der Waals surface area contributed by atoms with Crippen molar-refractivity contribution in [3.8, 4) is 0 Å². The molecule has 3 heteroatoms. The lowest BCUT2D eigenvalue weighted by Crippen LogP contribution is -2.11. The zero-order valence-corrected chi connectivity index (χ0v) is 14.0. The molecule has 0 heterocycles. The van der Waals surface area contributed by atoms with Crippen LogP contribution in [0.5, 0.6) is 0 Å². The first-order valence-electron chi connectivity index (χ1n) is 8.49. The minimum atomic E-state index is 0.393. The molecule has 0 fully saturated rings. The molecule has 0 N–H and O–H groups in total. The second-order valence-electron chi connectivity index (χ2n) is 5.55. The smallest absolute Gasteiger partial charge is 0.0700 e. The molecular formula is C17H36O3. The molecule has 0 aliphatic rings. The predicted octanol–water partition coefficient (Wildman–Crippen LogP) is 4.59. The van der Waals surface area contributed by atoms with Gasteiger partial charge in [-0.05, 0) is 19.8 Å². The summed E-state index contributed by atoms with van der Waals surface area (Å²) in [6, 6.07) is 0. The van der Waals surface area contributed by atoms with Crippen LogP contribution in [0.3, 0.4) is 0 Å². The largest absolute Gasteiger partial charge is 0.382 e. The quantitative estimate of drug-likeness (QED) is 0.389. The minimum absolute atomic E-state index is 0.393. The third kappa shape index (κ3) is 15.9. The van der Waals surface area contributed by atoms with Crippen molar-refractivity contribution in [1.29, 1.82) is 0 Å². The zero-order chi connectivity index (χ0) is 14.9. The SMILES string of the molecule is CCCCCCCCCC(C)OCCCOCCOC. The van der Waals surface area contributed by atoms with Crippen molar-refractivity contribution in [2.24, 2.45) is 0 Å². The Hall–Kier alpha value is -0.120. The van der Waals surface area contributed by atoms with Crippen LogP contribution in [0, 0.1) is 0 Å². The van der Waals surface area contributed by atoms with Gasteiger partial charge in [0.05, 0.1) is 19.3 Å². The molecule has 0 spiro atoms. The van der Waals surface area contributed by atoms with Crippen LogP contribution >= 0.6 is 0 Å². The van der Waals surface area contributed by atoms with Crippen LogP contribution in [0.2, 0.25) is 0 Å². The van der Waals surface area contributed by atoms with E-state index in [9.17, 15) is 0 Å². The third-order valence-corrected chi connectivity index (χ3v) is 3.48. The van der Waals surface area contributed by atoms with Crippen LogP contribution in [0.4, 0.5) is 0 Å². The van der Waals surface area contributed by atoms with Gasteiger partial charge in [0.25, 0.3) is 0 Å². The molecule has 0 aromatic carbocycles. The van der Waals surface area contributed by atoms with Crippen molar-refractivity contribution in [2.45, 2.75) is 77.7 Å². The molecule has 122 valence electrons. The van der Waals surface area contributed by atoms with Gasteiger partial charge in [-0.3, -0.25) is 0 Å². The predicted molar refractivity (Wildman–Crippen MR) is 85.3 cm³/mol. The van der Waals surface area contributed by atoms with E-state index in [-0.39, 0.29) is 0 Å². The van der Waals surface area contributed by atoms with Gasteiger partial charge in [-0.1, -0.05) is 51.9 Å². The van der Waals surface area contributed by atoms with Gasteiger partial charge >= 0.3 is 0 Å². The first-order chi connectivity index (χ1) is 9.81. The van der Waals surface area contributed by atoms with Crippen molar-refractivity contribution in [1.82, 2.24) is 0 Å². The normalized spacial score (nSPS) is 12.8. The Labute approximate surface area is 126 Å². The fourth-order valence-corrected chi connectivity index (χ4v) is 2.16. The summed E-state index contributed by atoms with van der Waals surface area (Å²) in [6.07, 6.45) is 12.2. The molecule has 0 saturated carbocycles. The fraction of sp³-hybridized carbons (Fsp3) is 1.00. The van der Waals surface area contributed by atoms with E-state index < -0.39 is 0 Å². The maximum Gasteiger partial charge on any atom is 0.0700 e. The Bertz CT molecular complexity index is 156. The van der Waals surface area contributed by atoms with Gasteiger partial charge in [0.2, 0.25) is 0 Å². The van der Waals surface area contributed by atoms with E-state index in [2.05, 4.69) is 13.8 Å². The van der Waals surface area contributed by atoms with Crippen molar-refractivity contribution < 1.29 is 14.2 Å². The highest BCUT2D eigenvalue weighted by atomic mass is 16.5. The van der Waals surface area contributed by atoms with Crippen LogP contribution in [0.15, 0.2) is 0 Å². The zero-order valence-electron chi connectivity index (χ0n) is 14.0. The first kappa shape index (κ1) is 19.9. The van der Waals surface area contributed by atoms with Crippen molar-refractivity contribution in [3.63, 3.8) is 0 Å². The number of hydrogen-bond donors (Lipinski definition) is 0. The lowest BCUT2D eigenvalue weighted by atomic mass is 10.1. The summed E-state index contributed by atoms with van der Waals surface area (Å²) in [7, 11) is 1.69. The third-order valence-electron chi connectivity index (χ3n) is 3.48. The van der Waals surface area contributed by atoms with Gasteiger partial charge < -0.3 is 14.2 Å². The Kier molecular flexibility index (Phi) is 16.8. The molecule has 0 rings (SSSR count). The number of methoxy groups -OCH3 is 1. The molecular weight excluding hydrogens is 252 g/mol. The van der Waals surface area contributed by atoms with E-state index >= 15 is 0 Å². The number of unbranched alkanes of at least 4 members (excludes halogenated alkanes) is 6. The minimum Gasteiger partial charge on any atom is -0.382 e. The van der Waals surface area contributed by atoms with Crippen LogP contribution in [-0.4, -0.2) is 39.6 Å². The van der Waals surface area contributed by atoms with E-state index in [4.69, 9.17) is 14.2 Å². The van der Waals surface area contributed by atoms with Crippen LogP contribution in [0.1, 0.15) is 71.6 Å². The van der Waals surface area contributed by atoms with Crippen molar-refractivity contribution >= 4 is 0 Å². The van der Waals surface area contributed by atoms with E-state index in [0.717, 1.165) is 19.6 Å². The maximum absolute atomic E-state index is 5.78. The first-order valence-corrected chi connectivity index (χ1v) is 8.49. The summed E-state index contributed by atoms with van der Waals surface area (Å²) >= 11 is 0. The average Bonchev–Trinajstić information content (AvgIpc) is 2.45. The van der Waals surface area contributed by atoms with Crippen LogP contribution in [0.25, 0.3) is 0 Å². The summed E-state index contributed by atoms with van der Waals surface area (Å²) in [5.74, 6) is 0. The Morgan fingerprint density at radius 1 is 0.750 bits per heavy atom. The van der Waals surface area contributed by atoms with Crippen molar-refractivity contribution in [3.05, 3.63) is 0 Å². The van der Waals surface area contributed by atoms with Crippen LogP contribution in [-0.2, 0) is 14.2 Å². The highest BCUT2D eigenvalue weighted by Gasteiger charge is 2.01. The van der Waals surface area contributed by atoms with E-state index in [1.54, 1.807) is 7.11 Å². The monoisotopic (exact) mass is 288 g/mol. The van der Waals surface area contributed by atoms with Crippen molar-refractivity contribution in [2.75, 3.05) is 33.5 Å². The summed E-state index contributed by atoms with van der Waals surface area (Å²) in [6.45, 7) is 7.39. The standard InChI is InChI=1S/C17H36O3/c1-4-5-6-7-8-9-10-12-17(2)20-14-11-13-19-16-15-18-3/h17H,4-16H2,1-3H3. The Morgan fingerprint density at radius 3 is 2.15 bits per heavy atom. The fourth-order valence-electron chi connectivity index (χ4n) is 2.16. The molecule has 0 bridgehead atoms. The average molecular weight is 288 g/mol. The van der Waals surface area contributed by atoms with Gasteiger partial charge in [-0.2, -0.15) is 0 Å². The molecule has 1 atom stereocenters. The van der Waals surface area contributed by atoms with Gasteiger partial charge in [0, 0.05) is 20.3 Å². The molecule has 0 saturated heterocycles. The van der Waals surface area contributed by atoms with Gasteiger partial charge in [0.1, 0.15) is 0 Å². The van der Waals surface area contributed by atoms with E-state index in [1.807, 2.05) is 0 Å². The summed E-state index contributed by atoms with van der Waals surface area (Å²) in [5.41, 5.74) is 0. The lowest BCUT2D eigenvalue weighted by Gasteiger charge is -2.13. The number of ether oxygens (including phenoxy) is 3. The molecule has 0 aromatic heterocycles. The number of rotatable bonds is 16. The van der Waals surface area contributed by atoms with Gasteiger partial charge in [0.15, 0.2) is 0 Å². The molecule has 0 radical (unpaired) electrons. The summed E-state index contributed by atoms with van der Waals surface area (Å²) in [5, 5.41) is 0. The highest BCUT2D eigenvalue weighted by Crippen LogP contribution is 2.11. The molecule has 3 nitrogen and oxygen atoms in total. The molecule has 0 aromatic rings. The number of hydrogen-bond acceptors (Lipinski definition) is 3. The highest BCUT2D eigenvalue weighted by molar-refractivity contribution is 4.52. The molecule has 0 amide bonds. The van der Waals surface area contributed by atoms with Gasteiger partial charge in [-0.15, -0.1) is 0 Å². The second kappa shape index (κ2) is 16.9. The van der Waals surface area contributed by atoms with E-state index in [1.165, 1.54) is 51.4 Å². The summed E-state index contributed by atoms with van der Waals surface area (Å²) in [4.78, 5) is 0. The molecule has 1 unspecified atom stereocenters. The molecule has 0 aliphatic carbocycles. The van der Waals surface area contributed by atoms with Gasteiger partial charge in [-0.25, -0.2) is 0 Å². The molecule has 20 heavy (non-hydrogen) atoms. The maximum atomic E-state index is 5.78. The Balaban J connectivity index is 3.11. The second-order valence-corrected chi connectivity index (χ2v) is 5.55. The van der Waals surface area contributed by atoms with Crippen LogP contribution < -0.4 is 0 Å².